The predicted octanol–water partition coefficient (Wildman–Crippen LogP) is 2.22. The zero-order valence-corrected chi connectivity index (χ0v) is 21.2. The lowest BCUT2D eigenvalue weighted by molar-refractivity contribution is -0.143. The van der Waals surface area contributed by atoms with Crippen LogP contribution in [0.25, 0.3) is 12.2 Å². The lowest BCUT2D eigenvalue weighted by Gasteiger charge is -2.35. The van der Waals surface area contributed by atoms with Crippen LogP contribution < -0.4 is 5.32 Å². The fraction of sp³-hybridized carbons (Fsp3) is 0.393. The summed E-state index contributed by atoms with van der Waals surface area (Å²) in [6.07, 6.45) is 5.04. The number of rotatable bonds is 9. The average molecular weight is 494 g/mol. The quantitative estimate of drug-likeness (QED) is 0.411. The highest BCUT2D eigenvalue weighted by molar-refractivity contribution is 6.14. The Kier molecular flexibility index (Phi) is 9.52. The lowest BCUT2D eigenvalue weighted by atomic mass is 9.92. The predicted molar refractivity (Wildman–Crippen MR) is 139 cm³/mol. The number of nitrogens with zero attached hydrogens (tertiary/aromatic N) is 2. The minimum Gasteiger partial charge on any atom is -0.388 e. The van der Waals surface area contributed by atoms with Crippen LogP contribution in [0.1, 0.15) is 40.4 Å². The molecule has 1 heterocycles. The van der Waals surface area contributed by atoms with E-state index in [0.29, 0.717) is 5.56 Å². The molecule has 8 heteroatoms. The molecule has 192 valence electrons. The van der Waals surface area contributed by atoms with Gasteiger partial charge in [-0.05, 0) is 42.2 Å². The summed E-state index contributed by atoms with van der Waals surface area (Å²) in [5.41, 5.74) is 1.76. The third-order valence-corrected chi connectivity index (χ3v) is 6.66. The van der Waals surface area contributed by atoms with Gasteiger partial charge in [0, 0.05) is 45.9 Å². The van der Waals surface area contributed by atoms with Gasteiger partial charge in [0.1, 0.15) is 6.61 Å². The standard InChI is InChI=1S/C28H35N3O5/c1-28(25(33)20-32,27(35)29-2)30(3)26(34)24-13-11-22(12-14-24)6-5-21-7-9-23(10-8-21)19-31-15-4-17-36-18-16-31/h5-14,32H,4,15-20H2,1-3H3,(H,29,35)/b6-5+/t28-/m1/s1. The van der Waals surface area contributed by atoms with Gasteiger partial charge in [-0.3, -0.25) is 19.3 Å². The number of benzene rings is 2. The molecule has 1 fully saturated rings. The van der Waals surface area contributed by atoms with Gasteiger partial charge < -0.3 is 20.1 Å². The van der Waals surface area contributed by atoms with Gasteiger partial charge >= 0.3 is 0 Å². The Morgan fingerprint density at radius 2 is 1.64 bits per heavy atom. The molecule has 2 N–H and O–H groups in total. The number of likely N-dealkylation sites (N-methyl/N-ethyl adjacent to an activating group) is 2. The fourth-order valence-electron chi connectivity index (χ4n) is 4.14. The molecule has 2 amide bonds. The second-order valence-electron chi connectivity index (χ2n) is 9.04. The van der Waals surface area contributed by atoms with Crippen LogP contribution in [0.3, 0.4) is 0 Å². The topological polar surface area (TPSA) is 99.2 Å². The van der Waals surface area contributed by atoms with Crippen LogP contribution in [0.2, 0.25) is 0 Å². The number of carbonyl (C=O) groups is 3. The molecular weight excluding hydrogens is 458 g/mol. The number of ketones is 1. The Labute approximate surface area is 212 Å². The zero-order valence-electron chi connectivity index (χ0n) is 21.2. The van der Waals surface area contributed by atoms with Crippen LogP contribution >= 0.6 is 0 Å². The molecule has 0 unspecified atom stereocenters. The van der Waals surface area contributed by atoms with Crippen LogP contribution in [0.15, 0.2) is 48.5 Å². The van der Waals surface area contributed by atoms with Crippen LogP contribution in [0.5, 0.6) is 0 Å². The Morgan fingerprint density at radius 1 is 1.03 bits per heavy atom. The van der Waals surface area contributed by atoms with Crippen LogP contribution in [-0.2, 0) is 20.9 Å². The highest BCUT2D eigenvalue weighted by Gasteiger charge is 2.46. The number of Topliss-reactive ketones (excluding diaryl/α,β-unsaturated/α-hetero) is 1. The fourth-order valence-corrected chi connectivity index (χ4v) is 4.14. The molecule has 2 aromatic rings. The molecule has 1 saturated heterocycles. The van der Waals surface area contributed by atoms with Crippen LogP contribution in [0, 0.1) is 0 Å². The average Bonchev–Trinajstić information content (AvgIpc) is 3.19. The summed E-state index contributed by atoms with van der Waals surface area (Å²) in [6, 6.07) is 15.4. The Bertz CT molecular complexity index is 1060. The molecule has 1 atom stereocenters. The minimum atomic E-state index is -1.81. The van der Waals surface area contributed by atoms with Crippen molar-refractivity contribution < 1.29 is 24.2 Å². The number of ether oxygens (including phenoxy) is 1. The summed E-state index contributed by atoms with van der Waals surface area (Å²) < 4.78 is 5.52. The first-order chi connectivity index (χ1) is 17.3. The summed E-state index contributed by atoms with van der Waals surface area (Å²) in [7, 11) is 2.76. The molecule has 0 aliphatic carbocycles. The molecular formula is C28H35N3O5. The molecule has 0 bridgehead atoms. The van der Waals surface area contributed by atoms with Gasteiger partial charge in [-0.2, -0.15) is 0 Å². The summed E-state index contributed by atoms with van der Waals surface area (Å²) in [5.74, 6) is -1.92. The van der Waals surface area contributed by atoms with E-state index >= 15 is 0 Å². The summed E-state index contributed by atoms with van der Waals surface area (Å²) in [6.45, 7) is 5.03. The molecule has 2 aromatic carbocycles. The normalized spacial score (nSPS) is 16.2. The van der Waals surface area contributed by atoms with Crippen molar-refractivity contribution in [2.45, 2.75) is 25.4 Å². The van der Waals surface area contributed by atoms with Gasteiger partial charge in [0.25, 0.3) is 11.8 Å². The molecule has 1 aliphatic rings. The van der Waals surface area contributed by atoms with E-state index < -0.39 is 29.7 Å². The van der Waals surface area contributed by atoms with E-state index in [1.165, 1.54) is 26.6 Å². The van der Waals surface area contributed by atoms with Crippen molar-refractivity contribution in [3.63, 3.8) is 0 Å². The Morgan fingerprint density at radius 3 is 2.22 bits per heavy atom. The van der Waals surface area contributed by atoms with Gasteiger partial charge in [0.2, 0.25) is 0 Å². The summed E-state index contributed by atoms with van der Waals surface area (Å²) >= 11 is 0. The van der Waals surface area contributed by atoms with E-state index in [-0.39, 0.29) is 0 Å². The van der Waals surface area contributed by atoms with E-state index in [1.54, 1.807) is 24.3 Å². The SMILES string of the molecule is CNC(=O)[C@@](C)(C(=O)CO)N(C)C(=O)c1ccc(/C=C/c2ccc(CN3CCCOCC3)cc2)cc1. The highest BCUT2D eigenvalue weighted by Crippen LogP contribution is 2.20. The van der Waals surface area contributed by atoms with Crippen molar-refractivity contribution >= 4 is 29.7 Å². The Balaban J connectivity index is 1.64. The molecule has 1 aliphatic heterocycles. The first-order valence-electron chi connectivity index (χ1n) is 12.1. The first kappa shape index (κ1) is 27.3. The van der Waals surface area contributed by atoms with Gasteiger partial charge in [-0.15, -0.1) is 0 Å². The number of aliphatic hydroxyl groups is 1. The molecule has 8 nitrogen and oxygen atoms in total. The lowest BCUT2D eigenvalue weighted by Crippen LogP contribution is -2.62. The summed E-state index contributed by atoms with van der Waals surface area (Å²) in [5, 5.41) is 11.7. The van der Waals surface area contributed by atoms with Crippen molar-refractivity contribution in [1.82, 2.24) is 15.1 Å². The Hall–Kier alpha value is -3.33. The highest BCUT2D eigenvalue weighted by atomic mass is 16.5. The number of aliphatic hydroxyl groups excluding tert-OH is 1. The summed E-state index contributed by atoms with van der Waals surface area (Å²) in [4.78, 5) is 41.1. The number of hydrogen-bond donors (Lipinski definition) is 2. The van der Waals surface area contributed by atoms with Crippen LogP contribution in [-0.4, -0.2) is 85.0 Å². The number of hydrogen-bond acceptors (Lipinski definition) is 6. The van der Waals surface area contributed by atoms with Crippen molar-refractivity contribution in [2.75, 3.05) is 47.0 Å². The zero-order chi connectivity index (χ0) is 26.1. The maximum Gasteiger partial charge on any atom is 0.254 e. The molecule has 0 radical (unpaired) electrons. The molecule has 36 heavy (non-hydrogen) atoms. The third kappa shape index (κ3) is 6.46. The van der Waals surface area contributed by atoms with E-state index in [4.69, 9.17) is 4.74 Å². The second-order valence-corrected chi connectivity index (χ2v) is 9.04. The van der Waals surface area contributed by atoms with Crippen LogP contribution in [0.4, 0.5) is 0 Å². The number of amides is 2. The van der Waals surface area contributed by atoms with E-state index in [1.807, 2.05) is 12.2 Å². The van der Waals surface area contributed by atoms with Gasteiger partial charge in [-0.1, -0.05) is 48.6 Å². The van der Waals surface area contributed by atoms with Crippen molar-refractivity contribution in [1.29, 1.82) is 0 Å². The largest absolute Gasteiger partial charge is 0.388 e. The van der Waals surface area contributed by atoms with Crippen molar-refractivity contribution in [3.05, 3.63) is 70.8 Å². The van der Waals surface area contributed by atoms with Crippen molar-refractivity contribution in [2.24, 2.45) is 0 Å². The van der Waals surface area contributed by atoms with E-state index in [0.717, 1.165) is 55.3 Å². The van der Waals surface area contributed by atoms with E-state index in [2.05, 4.69) is 34.5 Å². The van der Waals surface area contributed by atoms with E-state index in [9.17, 15) is 19.5 Å². The third-order valence-electron chi connectivity index (χ3n) is 6.66. The molecule has 0 spiro atoms. The maximum atomic E-state index is 13.0. The second kappa shape index (κ2) is 12.6. The molecule has 3 rings (SSSR count). The number of carbonyl (C=O) groups excluding carboxylic acids is 3. The first-order valence-corrected chi connectivity index (χ1v) is 12.1. The number of nitrogens with one attached hydrogen (secondary N) is 1. The molecule has 0 aromatic heterocycles. The minimum absolute atomic E-state index is 0.332. The van der Waals surface area contributed by atoms with Gasteiger partial charge in [0.05, 0.1) is 6.61 Å². The monoisotopic (exact) mass is 493 g/mol. The van der Waals surface area contributed by atoms with Gasteiger partial charge in [0.15, 0.2) is 11.3 Å². The van der Waals surface area contributed by atoms with Gasteiger partial charge in [-0.25, -0.2) is 0 Å². The maximum absolute atomic E-state index is 13.0. The van der Waals surface area contributed by atoms with Crippen molar-refractivity contribution in [3.8, 4) is 0 Å². The molecule has 0 saturated carbocycles. The smallest absolute Gasteiger partial charge is 0.254 e.